The number of aliphatic hydroxyl groups is 1. The molecule has 1 saturated heterocycles. The van der Waals surface area contributed by atoms with Crippen LogP contribution in [0.3, 0.4) is 0 Å². The van der Waals surface area contributed by atoms with Gasteiger partial charge in [0.1, 0.15) is 0 Å². The average Bonchev–Trinajstić information content (AvgIpc) is 2.36. The fourth-order valence-corrected chi connectivity index (χ4v) is 2.79. The first-order chi connectivity index (χ1) is 8.65. The van der Waals surface area contributed by atoms with Crippen molar-refractivity contribution in [2.75, 3.05) is 33.7 Å². The Kier molecular flexibility index (Phi) is 7.87. The lowest BCUT2D eigenvalue weighted by molar-refractivity contribution is 0.00973. The van der Waals surface area contributed by atoms with Crippen LogP contribution in [0.25, 0.3) is 0 Å². The number of hydrogen-bond donors (Lipinski definition) is 1. The van der Waals surface area contributed by atoms with Crippen molar-refractivity contribution >= 4 is 0 Å². The molecule has 3 nitrogen and oxygen atoms in total. The lowest BCUT2D eigenvalue weighted by atomic mass is 10.00. The highest BCUT2D eigenvalue weighted by Crippen LogP contribution is 2.16. The van der Waals surface area contributed by atoms with Gasteiger partial charge in [-0.3, -0.25) is 4.90 Å². The Bertz CT molecular complexity index is 211. The van der Waals surface area contributed by atoms with Crippen LogP contribution in [0.1, 0.15) is 51.9 Å². The lowest BCUT2D eigenvalue weighted by Crippen LogP contribution is -2.55. The van der Waals surface area contributed by atoms with Crippen LogP contribution in [0, 0.1) is 0 Å². The molecule has 3 heteroatoms. The third kappa shape index (κ3) is 5.68. The smallest absolute Gasteiger partial charge is 0.0707 e. The summed E-state index contributed by atoms with van der Waals surface area (Å²) >= 11 is 0. The van der Waals surface area contributed by atoms with Crippen molar-refractivity contribution < 1.29 is 5.11 Å². The largest absolute Gasteiger partial charge is 0.391 e. The van der Waals surface area contributed by atoms with Crippen molar-refractivity contribution in [3.8, 4) is 0 Å². The van der Waals surface area contributed by atoms with Gasteiger partial charge in [0.05, 0.1) is 6.10 Å². The third-order valence-electron chi connectivity index (χ3n) is 4.20. The van der Waals surface area contributed by atoms with Crippen LogP contribution in [0.5, 0.6) is 0 Å². The number of rotatable bonds is 8. The fourth-order valence-electron chi connectivity index (χ4n) is 2.79. The van der Waals surface area contributed by atoms with Gasteiger partial charge in [-0.2, -0.15) is 0 Å². The Morgan fingerprint density at radius 3 is 2.44 bits per heavy atom. The molecule has 0 spiro atoms. The molecule has 1 rings (SSSR count). The van der Waals surface area contributed by atoms with Crippen molar-refractivity contribution in [3.63, 3.8) is 0 Å². The van der Waals surface area contributed by atoms with E-state index in [1.807, 2.05) is 0 Å². The second kappa shape index (κ2) is 8.89. The van der Waals surface area contributed by atoms with E-state index in [1.165, 1.54) is 38.5 Å². The zero-order valence-electron chi connectivity index (χ0n) is 12.6. The van der Waals surface area contributed by atoms with Crippen LogP contribution >= 0.6 is 0 Å². The second-order valence-electron chi connectivity index (χ2n) is 5.93. The molecule has 1 aliphatic rings. The summed E-state index contributed by atoms with van der Waals surface area (Å²) in [5.74, 6) is 0. The zero-order valence-corrected chi connectivity index (χ0v) is 12.6. The number of nitrogens with zero attached hydrogens (tertiary/aromatic N) is 2. The van der Waals surface area contributed by atoms with E-state index in [2.05, 4.69) is 30.8 Å². The Hall–Kier alpha value is -0.120. The van der Waals surface area contributed by atoms with Crippen LogP contribution in [-0.2, 0) is 0 Å². The molecule has 1 fully saturated rings. The van der Waals surface area contributed by atoms with Crippen LogP contribution in [0.2, 0.25) is 0 Å². The standard InChI is InChI=1S/C15H32N2O/c1-4-5-6-7-8-9-10-15(18)14-13-16(2)11-12-17(14)3/h14-15,18H,4-13H2,1-3H3. The number of hydrogen-bond acceptors (Lipinski definition) is 3. The molecule has 1 aliphatic heterocycles. The van der Waals surface area contributed by atoms with Gasteiger partial charge < -0.3 is 10.0 Å². The Morgan fingerprint density at radius 1 is 1.06 bits per heavy atom. The molecule has 0 amide bonds. The summed E-state index contributed by atoms with van der Waals surface area (Å²) in [5, 5.41) is 10.3. The highest BCUT2D eigenvalue weighted by molar-refractivity contribution is 4.84. The van der Waals surface area contributed by atoms with Gasteiger partial charge >= 0.3 is 0 Å². The normalized spacial score (nSPS) is 24.3. The summed E-state index contributed by atoms with van der Waals surface area (Å²) in [5.41, 5.74) is 0. The minimum Gasteiger partial charge on any atom is -0.391 e. The molecule has 0 aliphatic carbocycles. The van der Waals surface area contributed by atoms with E-state index in [1.54, 1.807) is 0 Å². The predicted molar refractivity (Wildman–Crippen MR) is 77.9 cm³/mol. The van der Waals surface area contributed by atoms with Crippen LogP contribution in [-0.4, -0.2) is 60.8 Å². The van der Waals surface area contributed by atoms with Crippen molar-refractivity contribution in [3.05, 3.63) is 0 Å². The predicted octanol–water partition coefficient (Wildman–Crippen LogP) is 2.34. The van der Waals surface area contributed by atoms with Crippen molar-refractivity contribution in [1.29, 1.82) is 0 Å². The molecule has 0 saturated carbocycles. The van der Waals surface area contributed by atoms with Crippen LogP contribution in [0.4, 0.5) is 0 Å². The summed E-state index contributed by atoms with van der Waals surface area (Å²) in [6.45, 7) is 5.46. The first-order valence-electron chi connectivity index (χ1n) is 7.72. The zero-order chi connectivity index (χ0) is 13.4. The van der Waals surface area contributed by atoms with Gasteiger partial charge in [0, 0.05) is 25.7 Å². The van der Waals surface area contributed by atoms with Gasteiger partial charge in [0.2, 0.25) is 0 Å². The molecule has 0 aromatic carbocycles. The van der Waals surface area contributed by atoms with E-state index in [9.17, 15) is 5.11 Å². The van der Waals surface area contributed by atoms with Crippen LogP contribution in [0.15, 0.2) is 0 Å². The number of piperazine rings is 1. The topological polar surface area (TPSA) is 26.7 Å². The molecule has 0 aromatic heterocycles. The van der Waals surface area contributed by atoms with Crippen molar-refractivity contribution in [2.45, 2.75) is 64.0 Å². The summed E-state index contributed by atoms with van der Waals surface area (Å²) in [7, 11) is 4.29. The first-order valence-corrected chi connectivity index (χ1v) is 7.72. The number of likely N-dealkylation sites (N-methyl/N-ethyl adjacent to an activating group) is 2. The monoisotopic (exact) mass is 256 g/mol. The first kappa shape index (κ1) is 15.9. The van der Waals surface area contributed by atoms with E-state index >= 15 is 0 Å². The van der Waals surface area contributed by atoms with Crippen LogP contribution < -0.4 is 0 Å². The maximum atomic E-state index is 10.3. The summed E-state index contributed by atoms with van der Waals surface area (Å²) in [4.78, 5) is 4.65. The summed E-state index contributed by atoms with van der Waals surface area (Å²) in [6.07, 6.45) is 8.64. The second-order valence-corrected chi connectivity index (χ2v) is 5.93. The van der Waals surface area contributed by atoms with Crippen molar-refractivity contribution in [1.82, 2.24) is 9.80 Å². The molecular weight excluding hydrogens is 224 g/mol. The van der Waals surface area contributed by atoms with Gasteiger partial charge in [-0.25, -0.2) is 0 Å². The molecule has 0 aromatic rings. The Morgan fingerprint density at radius 2 is 1.72 bits per heavy atom. The summed E-state index contributed by atoms with van der Waals surface area (Å²) < 4.78 is 0. The molecule has 18 heavy (non-hydrogen) atoms. The van der Waals surface area contributed by atoms with E-state index in [0.29, 0.717) is 6.04 Å². The van der Waals surface area contributed by atoms with Crippen molar-refractivity contribution in [2.24, 2.45) is 0 Å². The number of unbranched alkanes of at least 4 members (excludes halogenated alkanes) is 5. The van der Waals surface area contributed by atoms with E-state index in [4.69, 9.17) is 0 Å². The minimum absolute atomic E-state index is 0.149. The highest BCUT2D eigenvalue weighted by Gasteiger charge is 2.27. The quantitative estimate of drug-likeness (QED) is 0.675. The third-order valence-corrected chi connectivity index (χ3v) is 4.20. The maximum absolute atomic E-state index is 10.3. The van der Waals surface area contributed by atoms with E-state index in [-0.39, 0.29) is 6.10 Å². The molecule has 0 bridgehead atoms. The van der Waals surface area contributed by atoms with Gasteiger partial charge in [0.15, 0.2) is 0 Å². The van der Waals surface area contributed by atoms with Gasteiger partial charge in [0.25, 0.3) is 0 Å². The molecule has 2 atom stereocenters. The minimum atomic E-state index is -0.149. The molecule has 1 heterocycles. The Balaban J connectivity index is 2.13. The van der Waals surface area contributed by atoms with Gasteiger partial charge in [-0.05, 0) is 20.5 Å². The molecule has 108 valence electrons. The number of aliphatic hydroxyl groups excluding tert-OH is 1. The van der Waals surface area contributed by atoms with E-state index in [0.717, 1.165) is 26.1 Å². The molecule has 2 unspecified atom stereocenters. The summed E-state index contributed by atoms with van der Waals surface area (Å²) in [6, 6.07) is 0.333. The lowest BCUT2D eigenvalue weighted by Gasteiger charge is -2.40. The fraction of sp³-hybridized carbons (Fsp3) is 1.00. The van der Waals surface area contributed by atoms with Gasteiger partial charge in [-0.15, -0.1) is 0 Å². The Labute approximate surface area is 113 Å². The molecular formula is C15H32N2O. The molecule has 1 N–H and O–H groups in total. The SMILES string of the molecule is CCCCCCCCC(O)C1CN(C)CCN1C. The van der Waals surface area contributed by atoms with E-state index < -0.39 is 0 Å². The average molecular weight is 256 g/mol. The van der Waals surface area contributed by atoms with Gasteiger partial charge in [-0.1, -0.05) is 45.4 Å². The highest BCUT2D eigenvalue weighted by atomic mass is 16.3. The maximum Gasteiger partial charge on any atom is 0.0707 e. The molecule has 0 radical (unpaired) electrons.